The normalized spacial score (nSPS) is 13.7. The van der Waals surface area contributed by atoms with Gasteiger partial charge in [0.15, 0.2) is 0 Å². The molecule has 0 bridgehead atoms. The number of carbonyl (C=O) groups is 2. The number of nitrogens with zero attached hydrogens (tertiary/aromatic N) is 1. The van der Waals surface area contributed by atoms with Crippen molar-refractivity contribution >= 4 is 50.5 Å². The van der Waals surface area contributed by atoms with Gasteiger partial charge in [-0.2, -0.15) is 0 Å². The number of fused-ring (bicyclic) bond motifs is 1. The maximum atomic E-state index is 12.5. The zero-order valence-corrected chi connectivity index (χ0v) is 17.0. The van der Waals surface area contributed by atoms with Crippen LogP contribution in [0.3, 0.4) is 0 Å². The quantitative estimate of drug-likeness (QED) is 0.601. The van der Waals surface area contributed by atoms with Crippen LogP contribution in [-0.4, -0.2) is 24.6 Å². The second-order valence-electron chi connectivity index (χ2n) is 6.31. The first kappa shape index (κ1) is 18.9. The van der Waals surface area contributed by atoms with Crippen molar-refractivity contribution in [1.29, 1.82) is 0 Å². The summed E-state index contributed by atoms with van der Waals surface area (Å²) in [6.07, 6.45) is 0. The predicted molar refractivity (Wildman–Crippen MR) is 116 cm³/mol. The molecule has 0 aromatic heterocycles. The van der Waals surface area contributed by atoms with Gasteiger partial charge in [-0.3, -0.25) is 9.59 Å². The van der Waals surface area contributed by atoms with E-state index in [1.165, 1.54) is 0 Å². The molecule has 0 saturated carbocycles. The van der Waals surface area contributed by atoms with Gasteiger partial charge < -0.3 is 15.4 Å². The van der Waals surface area contributed by atoms with Crippen LogP contribution in [0.5, 0.6) is 5.75 Å². The highest BCUT2D eigenvalue weighted by atomic mass is 79.9. The number of halogens is 1. The number of aliphatic imine (C=N–C) groups is 1. The summed E-state index contributed by atoms with van der Waals surface area (Å²) in [5, 5.41) is 5.62. The highest BCUT2D eigenvalue weighted by Gasteiger charge is 2.26. The number of nitrogens with one attached hydrogen (secondary N) is 2. The summed E-state index contributed by atoms with van der Waals surface area (Å²) >= 11 is 3.41. The van der Waals surface area contributed by atoms with Gasteiger partial charge in [-0.1, -0.05) is 28.1 Å². The fourth-order valence-corrected chi connectivity index (χ4v) is 3.36. The molecule has 144 valence electrons. The molecule has 3 aromatic rings. The molecule has 0 aliphatic carbocycles. The van der Waals surface area contributed by atoms with Crippen molar-refractivity contribution in [2.24, 2.45) is 4.99 Å². The lowest BCUT2D eigenvalue weighted by molar-refractivity contribution is -0.110. The van der Waals surface area contributed by atoms with Gasteiger partial charge >= 0.3 is 0 Å². The van der Waals surface area contributed by atoms with Gasteiger partial charge in [-0.25, -0.2) is 4.99 Å². The zero-order valence-electron chi connectivity index (χ0n) is 15.4. The highest BCUT2D eigenvalue weighted by Crippen LogP contribution is 2.29. The molecule has 0 atom stereocenters. The first-order chi connectivity index (χ1) is 14.0. The van der Waals surface area contributed by atoms with Crippen molar-refractivity contribution in [2.45, 2.75) is 0 Å². The smallest absolute Gasteiger partial charge is 0.275 e. The number of anilines is 2. The summed E-state index contributed by atoms with van der Waals surface area (Å²) < 4.78 is 6.11. The Balaban J connectivity index is 1.56. The lowest BCUT2D eigenvalue weighted by Crippen LogP contribution is -2.14. The van der Waals surface area contributed by atoms with Crippen LogP contribution in [-0.2, 0) is 4.79 Å². The predicted octanol–water partition coefficient (Wildman–Crippen LogP) is 4.78. The second kappa shape index (κ2) is 7.89. The van der Waals surface area contributed by atoms with E-state index in [-0.39, 0.29) is 11.8 Å². The molecule has 0 spiro atoms. The average Bonchev–Trinajstić information content (AvgIpc) is 3.03. The van der Waals surface area contributed by atoms with E-state index in [0.29, 0.717) is 28.4 Å². The Morgan fingerprint density at radius 2 is 1.83 bits per heavy atom. The van der Waals surface area contributed by atoms with Crippen LogP contribution in [0.2, 0.25) is 0 Å². The molecule has 1 heterocycles. The van der Waals surface area contributed by atoms with Gasteiger partial charge in [0.25, 0.3) is 11.8 Å². The Morgan fingerprint density at radius 3 is 2.59 bits per heavy atom. The van der Waals surface area contributed by atoms with E-state index in [2.05, 4.69) is 31.6 Å². The molecule has 6 nitrogen and oxygen atoms in total. The van der Waals surface area contributed by atoms with Crippen molar-refractivity contribution in [1.82, 2.24) is 0 Å². The topological polar surface area (TPSA) is 79.8 Å². The third-order valence-corrected chi connectivity index (χ3v) is 4.92. The fraction of sp³-hybridized carbons (Fsp3) is 0.0455. The number of methoxy groups -OCH3 is 1. The summed E-state index contributed by atoms with van der Waals surface area (Å²) in [5.41, 5.74) is 3.45. The lowest BCUT2D eigenvalue weighted by atomic mass is 10.1. The Morgan fingerprint density at radius 1 is 1.07 bits per heavy atom. The van der Waals surface area contributed by atoms with Gasteiger partial charge in [-0.05, 0) is 54.6 Å². The number of ether oxygens (including phenoxy) is 1. The van der Waals surface area contributed by atoms with Crippen LogP contribution < -0.4 is 15.4 Å². The summed E-state index contributed by atoms with van der Waals surface area (Å²) in [7, 11) is 1.55. The zero-order chi connectivity index (χ0) is 20.4. The highest BCUT2D eigenvalue weighted by molar-refractivity contribution is 9.10. The number of benzene rings is 3. The average molecular weight is 450 g/mol. The van der Waals surface area contributed by atoms with E-state index in [9.17, 15) is 9.59 Å². The third kappa shape index (κ3) is 3.90. The van der Waals surface area contributed by atoms with Crippen LogP contribution in [0.25, 0.3) is 0 Å². The minimum Gasteiger partial charge on any atom is -0.495 e. The maximum absolute atomic E-state index is 12.5. The van der Waals surface area contributed by atoms with Crippen LogP contribution in [0, 0.1) is 0 Å². The molecule has 3 aromatic carbocycles. The number of rotatable bonds is 4. The van der Waals surface area contributed by atoms with Crippen molar-refractivity contribution < 1.29 is 14.3 Å². The van der Waals surface area contributed by atoms with E-state index in [0.717, 1.165) is 15.7 Å². The number of hydrogen-bond acceptors (Lipinski definition) is 4. The van der Waals surface area contributed by atoms with Crippen LogP contribution in [0.15, 0.2) is 76.2 Å². The Labute approximate surface area is 175 Å². The monoisotopic (exact) mass is 449 g/mol. The van der Waals surface area contributed by atoms with Crippen molar-refractivity contribution in [3.8, 4) is 5.75 Å². The second-order valence-corrected chi connectivity index (χ2v) is 7.22. The molecule has 2 N–H and O–H groups in total. The molecule has 1 aliphatic rings. The third-order valence-electron chi connectivity index (χ3n) is 4.43. The Bertz CT molecular complexity index is 1140. The first-order valence-corrected chi connectivity index (χ1v) is 9.59. The minimum absolute atomic E-state index is 0.254. The molecule has 0 radical (unpaired) electrons. The van der Waals surface area contributed by atoms with Gasteiger partial charge in [-0.15, -0.1) is 0 Å². The number of amides is 2. The van der Waals surface area contributed by atoms with E-state index >= 15 is 0 Å². The molecule has 0 fully saturated rings. The molecular weight excluding hydrogens is 434 g/mol. The van der Waals surface area contributed by atoms with E-state index in [1.54, 1.807) is 43.5 Å². The van der Waals surface area contributed by atoms with Crippen molar-refractivity contribution in [3.05, 3.63) is 82.3 Å². The number of para-hydroxylation sites is 2. The minimum atomic E-state index is -0.262. The van der Waals surface area contributed by atoms with Gasteiger partial charge in [0.05, 0.1) is 24.2 Å². The van der Waals surface area contributed by atoms with Crippen molar-refractivity contribution in [3.63, 3.8) is 0 Å². The van der Waals surface area contributed by atoms with E-state index < -0.39 is 0 Å². The summed E-state index contributed by atoms with van der Waals surface area (Å²) in [6.45, 7) is 0. The molecule has 7 heteroatoms. The standard InChI is InChI=1S/C22H16BrN3O3/c1-29-19-5-3-2-4-18(19)26-21(27)13-6-9-15(10-7-13)24-20-16-12-14(23)8-11-17(16)25-22(20)28/h2-12H,1H3,(H,26,27)(H,24,25,28). The largest absolute Gasteiger partial charge is 0.495 e. The number of hydrogen-bond donors (Lipinski definition) is 2. The van der Waals surface area contributed by atoms with Crippen molar-refractivity contribution in [2.75, 3.05) is 17.7 Å². The van der Waals surface area contributed by atoms with E-state index in [1.807, 2.05) is 30.3 Å². The molecular formula is C22H16BrN3O3. The Kier molecular flexibility index (Phi) is 5.14. The van der Waals surface area contributed by atoms with Crippen LogP contribution in [0.4, 0.5) is 17.1 Å². The molecule has 0 saturated heterocycles. The summed E-state index contributed by atoms with van der Waals surface area (Å²) in [5.74, 6) is 0.0682. The number of carbonyl (C=O) groups excluding carboxylic acids is 2. The van der Waals surface area contributed by atoms with Gasteiger partial charge in [0, 0.05) is 15.6 Å². The van der Waals surface area contributed by atoms with Crippen LogP contribution in [0.1, 0.15) is 15.9 Å². The van der Waals surface area contributed by atoms with Gasteiger partial charge in [0.1, 0.15) is 11.5 Å². The summed E-state index contributed by atoms with van der Waals surface area (Å²) in [4.78, 5) is 29.2. The molecule has 1 aliphatic heterocycles. The SMILES string of the molecule is COc1ccccc1NC(=O)c1ccc(N=C2C(=O)Nc3ccc(Br)cc32)cc1. The lowest BCUT2D eigenvalue weighted by Gasteiger charge is -2.09. The molecule has 29 heavy (non-hydrogen) atoms. The Hall–Kier alpha value is -3.45. The molecule has 4 rings (SSSR count). The molecule has 2 amide bonds. The van der Waals surface area contributed by atoms with Crippen LogP contribution >= 0.6 is 15.9 Å². The van der Waals surface area contributed by atoms with Gasteiger partial charge in [0.2, 0.25) is 0 Å². The summed E-state index contributed by atoms with van der Waals surface area (Å²) in [6, 6.07) is 19.5. The maximum Gasteiger partial charge on any atom is 0.275 e. The first-order valence-electron chi connectivity index (χ1n) is 8.79. The molecule has 0 unspecified atom stereocenters. The van der Waals surface area contributed by atoms with E-state index in [4.69, 9.17) is 4.74 Å². The fourth-order valence-electron chi connectivity index (χ4n) is 3.00.